The van der Waals surface area contributed by atoms with Gasteiger partial charge >= 0.3 is 0 Å². The molecule has 2 rings (SSSR count). The van der Waals surface area contributed by atoms with Crippen LogP contribution in [0.1, 0.15) is 22.8 Å². The van der Waals surface area contributed by atoms with Gasteiger partial charge in [0.1, 0.15) is 11.5 Å². The Kier molecular flexibility index (Phi) is 12.3. The molecule has 8 heteroatoms. The van der Waals surface area contributed by atoms with Crippen molar-refractivity contribution in [2.75, 3.05) is 40.4 Å². The SMILES string of the molecule is CCNC(=NCCc1ccc(OC)cc1)NCCNC(=O)c1cccc(OC)c1.I. The molecule has 0 aliphatic carbocycles. The number of nitrogens with one attached hydrogen (secondary N) is 3. The van der Waals surface area contributed by atoms with Crippen molar-refractivity contribution < 1.29 is 14.3 Å². The molecule has 1 amide bonds. The van der Waals surface area contributed by atoms with Crippen molar-refractivity contribution in [3.63, 3.8) is 0 Å². The second kappa shape index (κ2) is 14.5. The number of amides is 1. The molecule has 0 aliphatic rings. The maximum absolute atomic E-state index is 12.2. The van der Waals surface area contributed by atoms with Gasteiger partial charge in [-0.1, -0.05) is 18.2 Å². The van der Waals surface area contributed by atoms with E-state index < -0.39 is 0 Å². The summed E-state index contributed by atoms with van der Waals surface area (Å²) in [5.41, 5.74) is 1.78. The zero-order valence-electron chi connectivity index (χ0n) is 17.7. The summed E-state index contributed by atoms with van der Waals surface area (Å²) in [5.74, 6) is 2.11. The first-order chi connectivity index (χ1) is 14.2. The molecule has 0 saturated carbocycles. The highest BCUT2D eigenvalue weighted by molar-refractivity contribution is 14.0. The summed E-state index contributed by atoms with van der Waals surface area (Å²) < 4.78 is 10.3. The van der Waals surface area contributed by atoms with Crippen LogP contribution in [0.5, 0.6) is 11.5 Å². The van der Waals surface area contributed by atoms with E-state index in [0.29, 0.717) is 30.9 Å². The van der Waals surface area contributed by atoms with Gasteiger partial charge in [0, 0.05) is 31.7 Å². The molecule has 0 saturated heterocycles. The van der Waals surface area contributed by atoms with E-state index in [1.165, 1.54) is 5.56 Å². The van der Waals surface area contributed by atoms with Crippen LogP contribution in [0.2, 0.25) is 0 Å². The first kappa shape index (κ1) is 25.5. The van der Waals surface area contributed by atoms with Crippen LogP contribution in [0.4, 0.5) is 0 Å². The highest BCUT2D eigenvalue weighted by atomic mass is 127. The van der Waals surface area contributed by atoms with E-state index in [4.69, 9.17) is 9.47 Å². The van der Waals surface area contributed by atoms with E-state index in [1.807, 2.05) is 37.3 Å². The van der Waals surface area contributed by atoms with E-state index in [9.17, 15) is 4.79 Å². The van der Waals surface area contributed by atoms with Crippen molar-refractivity contribution >= 4 is 35.8 Å². The summed E-state index contributed by atoms with van der Waals surface area (Å²) in [6.45, 7) is 4.51. The number of carbonyl (C=O) groups is 1. The number of aliphatic imine (C=N–C) groups is 1. The van der Waals surface area contributed by atoms with Gasteiger partial charge in [-0.2, -0.15) is 0 Å². The van der Waals surface area contributed by atoms with Gasteiger partial charge in [0.25, 0.3) is 5.91 Å². The van der Waals surface area contributed by atoms with Crippen LogP contribution >= 0.6 is 24.0 Å². The quantitative estimate of drug-likeness (QED) is 0.192. The summed E-state index contributed by atoms with van der Waals surface area (Å²) in [5, 5.41) is 9.33. The zero-order chi connectivity index (χ0) is 20.9. The summed E-state index contributed by atoms with van der Waals surface area (Å²) in [4.78, 5) is 16.8. The lowest BCUT2D eigenvalue weighted by molar-refractivity contribution is 0.0954. The highest BCUT2D eigenvalue weighted by Gasteiger charge is 2.06. The monoisotopic (exact) mass is 526 g/mol. The summed E-state index contributed by atoms with van der Waals surface area (Å²) in [6.07, 6.45) is 0.840. The molecule has 2 aromatic carbocycles. The van der Waals surface area contributed by atoms with Crippen molar-refractivity contribution in [3.05, 3.63) is 59.7 Å². The van der Waals surface area contributed by atoms with Gasteiger partial charge in [-0.25, -0.2) is 0 Å². The molecule has 0 aromatic heterocycles. The predicted octanol–water partition coefficient (Wildman–Crippen LogP) is 2.85. The highest BCUT2D eigenvalue weighted by Crippen LogP contribution is 2.12. The third kappa shape index (κ3) is 8.89. The number of benzene rings is 2. The van der Waals surface area contributed by atoms with Crippen LogP contribution < -0.4 is 25.4 Å². The fraction of sp³-hybridized carbons (Fsp3) is 0.364. The summed E-state index contributed by atoms with van der Waals surface area (Å²) in [6, 6.07) is 15.1. The van der Waals surface area contributed by atoms with E-state index >= 15 is 0 Å². The predicted molar refractivity (Wildman–Crippen MR) is 131 cm³/mol. The molecule has 0 unspecified atom stereocenters. The Hall–Kier alpha value is -2.49. The van der Waals surface area contributed by atoms with Gasteiger partial charge in [-0.3, -0.25) is 9.79 Å². The van der Waals surface area contributed by atoms with Crippen LogP contribution in [0.3, 0.4) is 0 Å². The smallest absolute Gasteiger partial charge is 0.251 e. The van der Waals surface area contributed by atoms with Gasteiger partial charge in [-0.05, 0) is 49.2 Å². The molecule has 30 heavy (non-hydrogen) atoms. The number of hydrogen-bond acceptors (Lipinski definition) is 4. The minimum absolute atomic E-state index is 0. The molecule has 164 valence electrons. The number of hydrogen-bond donors (Lipinski definition) is 3. The van der Waals surface area contributed by atoms with E-state index in [-0.39, 0.29) is 29.9 Å². The number of carbonyl (C=O) groups excluding carboxylic acids is 1. The molecule has 0 radical (unpaired) electrons. The number of methoxy groups -OCH3 is 2. The first-order valence-electron chi connectivity index (χ1n) is 9.73. The Morgan fingerprint density at radius 2 is 1.63 bits per heavy atom. The van der Waals surface area contributed by atoms with Crippen LogP contribution in [-0.4, -0.2) is 52.3 Å². The molecule has 0 spiro atoms. The first-order valence-corrected chi connectivity index (χ1v) is 9.73. The molecule has 0 fully saturated rings. The Bertz CT molecular complexity index is 797. The molecule has 3 N–H and O–H groups in total. The maximum atomic E-state index is 12.2. The van der Waals surface area contributed by atoms with Crippen LogP contribution in [0.25, 0.3) is 0 Å². The standard InChI is InChI=1S/C22H30N4O3.HI/c1-4-23-22(25-13-12-17-8-10-19(28-2)11-9-17)26-15-14-24-21(27)18-6-5-7-20(16-18)29-3;/h5-11,16H,4,12-15H2,1-3H3,(H,24,27)(H2,23,25,26);1H. The van der Waals surface area contributed by atoms with Gasteiger partial charge in [0.2, 0.25) is 0 Å². The number of guanidine groups is 1. The fourth-order valence-electron chi connectivity index (χ4n) is 2.65. The molecule has 2 aromatic rings. The Balaban J connectivity index is 0.00000450. The largest absolute Gasteiger partial charge is 0.497 e. The lowest BCUT2D eigenvalue weighted by Gasteiger charge is -2.12. The third-order valence-electron chi connectivity index (χ3n) is 4.21. The molecule has 0 bridgehead atoms. The average Bonchev–Trinajstić information content (AvgIpc) is 2.77. The van der Waals surface area contributed by atoms with Crippen molar-refractivity contribution in [1.29, 1.82) is 0 Å². The average molecular weight is 526 g/mol. The van der Waals surface area contributed by atoms with Crippen LogP contribution in [-0.2, 0) is 6.42 Å². The molecule has 0 atom stereocenters. The molecular formula is C22H31IN4O3. The zero-order valence-corrected chi connectivity index (χ0v) is 20.1. The lowest BCUT2D eigenvalue weighted by atomic mass is 10.1. The van der Waals surface area contributed by atoms with Gasteiger partial charge in [0.05, 0.1) is 14.2 Å². The van der Waals surface area contributed by atoms with Crippen LogP contribution in [0, 0.1) is 0 Å². The lowest BCUT2D eigenvalue weighted by Crippen LogP contribution is -2.41. The second-order valence-electron chi connectivity index (χ2n) is 6.27. The second-order valence-corrected chi connectivity index (χ2v) is 6.27. The van der Waals surface area contributed by atoms with Gasteiger partial charge < -0.3 is 25.4 Å². The van der Waals surface area contributed by atoms with E-state index in [1.54, 1.807) is 32.4 Å². The third-order valence-corrected chi connectivity index (χ3v) is 4.21. The topological polar surface area (TPSA) is 84.0 Å². The summed E-state index contributed by atoms with van der Waals surface area (Å²) >= 11 is 0. The number of rotatable bonds is 10. The van der Waals surface area contributed by atoms with E-state index in [0.717, 1.165) is 24.7 Å². The molecule has 0 aliphatic heterocycles. The van der Waals surface area contributed by atoms with Crippen molar-refractivity contribution in [2.45, 2.75) is 13.3 Å². The molecule has 0 heterocycles. The van der Waals surface area contributed by atoms with Crippen molar-refractivity contribution in [1.82, 2.24) is 16.0 Å². The van der Waals surface area contributed by atoms with Gasteiger partial charge in [0.15, 0.2) is 5.96 Å². The fourth-order valence-corrected chi connectivity index (χ4v) is 2.65. The molecular weight excluding hydrogens is 495 g/mol. The minimum Gasteiger partial charge on any atom is -0.497 e. The minimum atomic E-state index is -0.132. The Morgan fingerprint density at radius 3 is 2.30 bits per heavy atom. The van der Waals surface area contributed by atoms with E-state index in [2.05, 4.69) is 20.9 Å². The number of nitrogens with zero attached hydrogens (tertiary/aromatic N) is 1. The normalized spacial score (nSPS) is 10.6. The van der Waals surface area contributed by atoms with Crippen molar-refractivity contribution in [2.24, 2.45) is 4.99 Å². The number of ether oxygens (including phenoxy) is 2. The summed E-state index contributed by atoms with van der Waals surface area (Å²) in [7, 11) is 3.24. The molecule has 7 nitrogen and oxygen atoms in total. The Labute approximate surface area is 195 Å². The number of halogens is 1. The van der Waals surface area contributed by atoms with Crippen molar-refractivity contribution in [3.8, 4) is 11.5 Å². The van der Waals surface area contributed by atoms with Gasteiger partial charge in [-0.15, -0.1) is 24.0 Å². The van der Waals surface area contributed by atoms with Crippen LogP contribution in [0.15, 0.2) is 53.5 Å². The maximum Gasteiger partial charge on any atom is 0.251 e. The Morgan fingerprint density at radius 1 is 0.933 bits per heavy atom.